The molecular formula is C17H29N5O4S. The molecule has 2 saturated heterocycles. The Morgan fingerprint density at radius 1 is 1.26 bits per heavy atom. The van der Waals surface area contributed by atoms with E-state index in [2.05, 4.69) is 9.88 Å². The molecular weight excluding hydrogens is 370 g/mol. The third-order valence-electron chi connectivity index (χ3n) is 5.37. The SMILES string of the molecule is CCS(=O)(=O)N1CCN(CC2(O)CCCN(C(=O)c3cn(C)cn3)C2)CC1. The Balaban J connectivity index is 1.58. The van der Waals surface area contributed by atoms with Crippen LogP contribution in [0.15, 0.2) is 12.5 Å². The van der Waals surface area contributed by atoms with E-state index < -0.39 is 15.6 Å². The van der Waals surface area contributed by atoms with Crippen LogP contribution >= 0.6 is 0 Å². The van der Waals surface area contributed by atoms with Crippen molar-refractivity contribution < 1.29 is 18.3 Å². The minimum absolute atomic E-state index is 0.113. The number of rotatable bonds is 5. The zero-order valence-electron chi connectivity index (χ0n) is 16.0. The first-order valence-corrected chi connectivity index (χ1v) is 11.0. The first-order chi connectivity index (χ1) is 12.7. The van der Waals surface area contributed by atoms with Crippen molar-refractivity contribution in [3.63, 3.8) is 0 Å². The van der Waals surface area contributed by atoms with Gasteiger partial charge in [0.25, 0.3) is 5.91 Å². The standard InChI is InChI=1S/C17H29N5O4S/c1-3-27(25,26)22-9-7-20(8-10-22)12-17(24)5-4-6-21(13-17)16(23)15-11-19(2)14-18-15/h11,14,24H,3-10,12-13H2,1-2H3. The number of β-amino-alcohol motifs (C(OH)–C–C–N with tert-alkyl or cyclic N) is 1. The second-order valence-electron chi connectivity index (χ2n) is 7.55. The maximum atomic E-state index is 12.6. The van der Waals surface area contributed by atoms with Crippen LogP contribution in [0, 0.1) is 0 Å². The number of carbonyl (C=O) groups excluding carboxylic acids is 1. The summed E-state index contributed by atoms with van der Waals surface area (Å²) >= 11 is 0. The van der Waals surface area contributed by atoms with Crippen molar-refractivity contribution in [1.82, 2.24) is 23.7 Å². The zero-order chi connectivity index (χ0) is 19.7. The van der Waals surface area contributed by atoms with E-state index in [-0.39, 0.29) is 18.2 Å². The van der Waals surface area contributed by atoms with Crippen molar-refractivity contribution in [1.29, 1.82) is 0 Å². The fourth-order valence-electron chi connectivity index (χ4n) is 3.86. The van der Waals surface area contributed by atoms with Crippen LogP contribution in [-0.4, -0.2) is 100 Å². The lowest BCUT2D eigenvalue weighted by Gasteiger charge is -2.43. The average molecular weight is 400 g/mol. The number of sulfonamides is 1. The van der Waals surface area contributed by atoms with Gasteiger partial charge in [-0.1, -0.05) is 0 Å². The van der Waals surface area contributed by atoms with Gasteiger partial charge < -0.3 is 14.6 Å². The predicted molar refractivity (Wildman–Crippen MR) is 101 cm³/mol. The molecule has 1 amide bonds. The van der Waals surface area contributed by atoms with Crippen LogP contribution < -0.4 is 0 Å². The number of aliphatic hydroxyl groups is 1. The molecule has 27 heavy (non-hydrogen) atoms. The van der Waals surface area contributed by atoms with E-state index in [1.807, 2.05) is 7.05 Å². The number of imidazole rings is 1. The minimum atomic E-state index is -3.16. The lowest BCUT2D eigenvalue weighted by atomic mass is 9.91. The van der Waals surface area contributed by atoms with Gasteiger partial charge in [-0.05, 0) is 19.8 Å². The van der Waals surface area contributed by atoms with Crippen LogP contribution in [0.1, 0.15) is 30.3 Å². The molecule has 152 valence electrons. The summed E-state index contributed by atoms with van der Waals surface area (Å²) < 4.78 is 27.2. The third kappa shape index (κ3) is 4.68. The Labute approximate surface area is 160 Å². The molecule has 1 unspecified atom stereocenters. The Hall–Kier alpha value is -1.49. The zero-order valence-corrected chi connectivity index (χ0v) is 16.9. The van der Waals surface area contributed by atoms with Gasteiger partial charge in [0.05, 0.1) is 24.2 Å². The molecule has 2 aliphatic rings. The predicted octanol–water partition coefficient (Wildman–Crippen LogP) is -0.645. The van der Waals surface area contributed by atoms with E-state index in [1.54, 1.807) is 28.9 Å². The van der Waals surface area contributed by atoms with Crippen molar-refractivity contribution in [3.8, 4) is 0 Å². The number of hydrogen-bond donors (Lipinski definition) is 1. The van der Waals surface area contributed by atoms with Gasteiger partial charge >= 0.3 is 0 Å². The lowest BCUT2D eigenvalue weighted by Crippen LogP contribution is -2.58. The smallest absolute Gasteiger partial charge is 0.274 e. The van der Waals surface area contributed by atoms with Crippen LogP contribution in [0.2, 0.25) is 0 Å². The molecule has 1 N–H and O–H groups in total. The summed E-state index contributed by atoms with van der Waals surface area (Å²) in [6.07, 6.45) is 4.64. The first-order valence-electron chi connectivity index (χ1n) is 9.42. The highest BCUT2D eigenvalue weighted by Crippen LogP contribution is 2.24. The molecule has 10 heteroatoms. The number of aryl methyl sites for hydroxylation is 1. The molecule has 9 nitrogen and oxygen atoms in total. The topological polar surface area (TPSA) is 99.0 Å². The number of carbonyl (C=O) groups is 1. The fourth-order valence-corrected chi connectivity index (χ4v) is 4.95. The van der Waals surface area contributed by atoms with Crippen LogP contribution in [-0.2, 0) is 17.1 Å². The number of aromatic nitrogens is 2. The summed E-state index contributed by atoms with van der Waals surface area (Å²) in [6, 6.07) is 0. The summed E-state index contributed by atoms with van der Waals surface area (Å²) in [5.41, 5.74) is -0.589. The van der Waals surface area contributed by atoms with E-state index in [4.69, 9.17) is 0 Å². The Bertz CT molecular complexity index is 772. The molecule has 2 aliphatic heterocycles. The van der Waals surface area contributed by atoms with E-state index >= 15 is 0 Å². The van der Waals surface area contributed by atoms with Crippen LogP contribution in [0.5, 0.6) is 0 Å². The fraction of sp³-hybridized carbons (Fsp3) is 0.765. The van der Waals surface area contributed by atoms with Crippen LogP contribution in [0.3, 0.4) is 0 Å². The molecule has 0 spiro atoms. The molecule has 1 aromatic heterocycles. The molecule has 1 aromatic rings. The van der Waals surface area contributed by atoms with E-state index in [9.17, 15) is 18.3 Å². The first kappa shape index (κ1) is 20.2. The highest BCUT2D eigenvalue weighted by Gasteiger charge is 2.38. The van der Waals surface area contributed by atoms with Gasteiger partial charge in [-0.15, -0.1) is 0 Å². The third-order valence-corrected chi connectivity index (χ3v) is 7.26. The lowest BCUT2D eigenvalue weighted by molar-refractivity contribution is -0.0506. The second kappa shape index (κ2) is 7.86. The maximum absolute atomic E-state index is 12.6. The second-order valence-corrected chi connectivity index (χ2v) is 9.81. The summed E-state index contributed by atoms with van der Waals surface area (Å²) in [6.45, 7) is 5.06. The summed E-state index contributed by atoms with van der Waals surface area (Å²) in [4.78, 5) is 20.5. The number of amides is 1. The number of piperazine rings is 1. The van der Waals surface area contributed by atoms with Crippen molar-refractivity contribution in [2.24, 2.45) is 7.05 Å². The highest BCUT2D eigenvalue weighted by atomic mass is 32.2. The highest BCUT2D eigenvalue weighted by molar-refractivity contribution is 7.89. The summed E-state index contributed by atoms with van der Waals surface area (Å²) in [7, 11) is -1.35. The molecule has 0 aliphatic carbocycles. The Morgan fingerprint density at radius 2 is 1.96 bits per heavy atom. The number of hydrogen-bond acceptors (Lipinski definition) is 6. The van der Waals surface area contributed by atoms with Gasteiger partial charge in [-0.2, -0.15) is 4.31 Å². The van der Waals surface area contributed by atoms with E-state index in [0.717, 1.165) is 6.42 Å². The molecule has 0 saturated carbocycles. The monoisotopic (exact) mass is 399 g/mol. The molecule has 0 radical (unpaired) electrons. The Morgan fingerprint density at radius 3 is 2.56 bits per heavy atom. The largest absolute Gasteiger partial charge is 0.387 e. The number of nitrogens with zero attached hydrogens (tertiary/aromatic N) is 5. The number of piperidine rings is 1. The van der Waals surface area contributed by atoms with Crippen molar-refractivity contribution >= 4 is 15.9 Å². The molecule has 0 aromatic carbocycles. The van der Waals surface area contributed by atoms with Crippen LogP contribution in [0.25, 0.3) is 0 Å². The maximum Gasteiger partial charge on any atom is 0.274 e. The van der Waals surface area contributed by atoms with Crippen molar-refractivity contribution in [2.75, 3.05) is 51.6 Å². The van der Waals surface area contributed by atoms with Crippen LogP contribution in [0.4, 0.5) is 0 Å². The molecule has 2 fully saturated rings. The molecule has 1 atom stereocenters. The van der Waals surface area contributed by atoms with Crippen molar-refractivity contribution in [3.05, 3.63) is 18.2 Å². The molecule has 3 heterocycles. The normalized spacial score (nSPS) is 25.7. The van der Waals surface area contributed by atoms with Gasteiger partial charge in [-0.25, -0.2) is 13.4 Å². The van der Waals surface area contributed by atoms with E-state index in [0.29, 0.717) is 51.4 Å². The van der Waals surface area contributed by atoms with Gasteiger partial charge in [0.2, 0.25) is 10.0 Å². The minimum Gasteiger partial charge on any atom is -0.387 e. The van der Waals surface area contributed by atoms with Crippen molar-refractivity contribution in [2.45, 2.75) is 25.4 Å². The van der Waals surface area contributed by atoms with Gasteiger partial charge in [0.15, 0.2) is 0 Å². The molecule has 3 rings (SSSR count). The summed E-state index contributed by atoms with van der Waals surface area (Å²) in [5, 5.41) is 11.1. The van der Waals surface area contributed by atoms with Gasteiger partial charge in [-0.3, -0.25) is 9.69 Å². The van der Waals surface area contributed by atoms with Gasteiger partial charge in [0, 0.05) is 52.5 Å². The Kier molecular flexibility index (Phi) is 5.90. The quantitative estimate of drug-likeness (QED) is 0.707. The average Bonchev–Trinajstić information content (AvgIpc) is 3.07. The summed E-state index contributed by atoms with van der Waals surface area (Å²) in [5.74, 6) is -0.0470. The molecule has 0 bridgehead atoms. The number of likely N-dealkylation sites (tertiary alicyclic amines) is 1. The van der Waals surface area contributed by atoms with E-state index in [1.165, 1.54) is 4.31 Å². The van der Waals surface area contributed by atoms with Gasteiger partial charge in [0.1, 0.15) is 5.69 Å².